The van der Waals surface area contributed by atoms with Crippen molar-refractivity contribution in [3.63, 3.8) is 0 Å². The van der Waals surface area contributed by atoms with E-state index in [0.717, 1.165) is 17.0 Å². The van der Waals surface area contributed by atoms with Crippen LogP contribution in [0.2, 0.25) is 5.02 Å². The lowest BCUT2D eigenvalue weighted by molar-refractivity contribution is -0.144. The number of imide groups is 1. The number of aryl methyl sites for hydroxylation is 1. The van der Waals surface area contributed by atoms with Crippen LogP contribution in [0.4, 0.5) is 8.78 Å². The van der Waals surface area contributed by atoms with Crippen molar-refractivity contribution in [2.45, 2.75) is 44.1 Å². The standard InChI is InChI=1S/C23H19ClF2N2O4/c24-16-5-3-15(4-6-16)23(25,26)19(29)9-2-13-1-7-17-14(11-13)12-28(22(17)32)18-8-10-20(30)27-21(18)31/h1,3-7,11,18H,2,8-10,12H2,(H,27,30,31)/t18-/m1/s1/i10D,18D/t10?,18-. The fourth-order valence-corrected chi connectivity index (χ4v) is 3.86. The Hall–Kier alpha value is -3.13. The van der Waals surface area contributed by atoms with E-state index >= 15 is 0 Å². The highest BCUT2D eigenvalue weighted by Crippen LogP contribution is 2.32. The van der Waals surface area contributed by atoms with Crippen LogP contribution in [0.15, 0.2) is 42.5 Å². The number of ketones is 1. The van der Waals surface area contributed by atoms with Crippen molar-refractivity contribution in [3.8, 4) is 0 Å². The molecule has 3 amide bonds. The zero-order valence-corrected chi connectivity index (χ0v) is 17.4. The number of Topliss-reactive ketones (excluding diaryl/α,β-unsaturated/α-hetero) is 1. The van der Waals surface area contributed by atoms with E-state index in [-0.39, 0.29) is 23.6 Å². The minimum Gasteiger partial charge on any atom is -0.322 e. The summed E-state index contributed by atoms with van der Waals surface area (Å²) in [7, 11) is 0. The summed E-state index contributed by atoms with van der Waals surface area (Å²) >= 11 is 5.71. The third-order valence-corrected chi connectivity index (χ3v) is 5.73. The normalized spacial score (nSPS) is 24.0. The minimum atomic E-state index is -3.68. The zero-order valence-electron chi connectivity index (χ0n) is 18.7. The van der Waals surface area contributed by atoms with Crippen molar-refractivity contribution in [3.05, 3.63) is 69.7 Å². The van der Waals surface area contributed by atoms with E-state index in [0.29, 0.717) is 11.1 Å². The molecule has 2 aliphatic heterocycles. The Balaban J connectivity index is 1.47. The third-order valence-electron chi connectivity index (χ3n) is 5.48. The summed E-state index contributed by atoms with van der Waals surface area (Å²) in [6.45, 7) is -0.116. The van der Waals surface area contributed by atoms with Gasteiger partial charge >= 0.3 is 5.92 Å². The Morgan fingerprint density at radius 3 is 2.66 bits per heavy atom. The summed E-state index contributed by atoms with van der Waals surface area (Å²) in [4.78, 5) is 50.0. The predicted molar refractivity (Wildman–Crippen MR) is 111 cm³/mol. The van der Waals surface area contributed by atoms with Crippen LogP contribution >= 0.6 is 11.6 Å². The lowest BCUT2D eigenvalue weighted by atomic mass is 9.97. The van der Waals surface area contributed by atoms with Crippen molar-refractivity contribution in [2.24, 2.45) is 0 Å². The number of alkyl halides is 2. The molecule has 2 aliphatic rings. The Morgan fingerprint density at radius 1 is 1.22 bits per heavy atom. The first kappa shape index (κ1) is 19.5. The van der Waals surface area contributed by atoms with Crippen LogP contribution in [-0.2, 0) is 33.3 Å². The van der Waals surface area contributed by atoms with E-state index in [1.807, 2.05) is 5.32 Å². The minimum absolute atomic E-state index is 0.000711. The molecular formula is C23H19ClF2N2O4. The number of amides is 3. The van der Waals surface area contributed by atoms with Crippen molar-refractivity contribution >= 4 is 35.1 Å². The number of rotatable bonds is 6. The maximum atomic E-state index is 14.5. The van der Waals surface area contributed by atoms with Gasteiger partial charge in [-0.15, -0.1) is 0 Å². The van der Waals surface area contributed by atoms with Crippen LogP contribution in [0.3, 0.4) is 0 Å². The molecule has 0 radical (unpaired) electrons. The molecular weight excluding hydrogens is 442 g/mol. The maximum Gasteiger partial charge on any atom is 0.330 e. The Bertz CT molecular complexity index is 1210. The average Bonchev–Trinajstić information content (AvgIpc) is 3.13. The molecule has 1 unspecified atom stereocenters. The number of hydrogen-bond acceptors (Lipinski definition) is 4. The van der Waals surface area contributed by atoms with Gasteiger partial charge < -0.3 is 4.90 Å². The smallest absolute Gasteiger partial charge is 0.322 e. The lowest BCUT2D eigenvalue weighted by Crippen LogP contribution is -2.52. The van der Waals surface area contributed by atoms with Crippen molar-refractivity contribution in [1.29, 1.82) is 0 Å². The molecule has 0 spiro atoms. The number of carbonyl (C=O) groups is 4. The van der Waals surface area contributed by atoms with Crippen LogP contribution < -0.4 is 5.32 Å². The van der Waals surface area contributed by atoms with Crippen LogP contribution in [0.1, 0.15) is 49.0 Å². The number of piperidine rings is 1. The molecule has 9 heteroatoms. The van der Waals surface area contributed by atoms with Gasteiger partial charge in [-0.3, -0.25) is 24.5 Å². The Labute approximate surface area is 190 Å². The quantitative estimate of drug-likeness (QED) is 0.667. The van der Waals surface area contributed by atoms with Gasteiger partial charge in [0, 0.05) is 36.9 Å². The maximum absolute atomic E-state index is 14.5. The molecule has 1 saturated heterocycles. The molecule has 0 saturated carbocycles. The molecule has 2 aromatic carbocycles. The second-order valence-electron chi connectivity index (χ2n) is 7.56. The number of nitrogens with one attached hydrogen (secondary N) is 1. The van der Waals surface area contributed by atoms with Crippen LogP contribution in [-0.4, -0.2) is 34.4 Å². The van der Waals surface area contributed by atoms with Gasteiger partial charge in [0.2, 0.25) is 17.6 Å². The van der Waals surface area contributed by atoms with Gasteiger partial charge in [-0.05, 0) is 42.2 Å². The zero-order chi connectivity index (χ0) is 24.8. The van der Waals surface area contributed by atoms with Gasteiger partial charge in [0.05, 0.1) is 1.37 Å². The second-order valence-corrected chi connectivity index (χ2v) is 8.00. The molecule has 1 fully saturated rings. The van der Waals surface area contributed by atoms with Crippen LogP contribution in [0.25, 0.3) is 0 Å². The highest BCUT2D eigenvalue weighted by molar-refractivity contribution is 6.30. The van der Waals surface area contributed by atoms with Gasteiger partial charge in [-0.2, -0.15) is 8.78 Å². The average molecular weight is 463 g/mol. The number of nitrogens with zero attached hydrogens (tertiary/aromatic N) is 1. The third kappa shape index (κ3) is 4.14. The molecule has 166 valence electrons. The van der Waals surface area contributed by atoms with E-state index in [2.05, 4.69) is 0 Å². The molecule has 2 aromatic rings. The van der Waals surface area contributed by atoms with Gasteiger partial charge in [0.15, 0.2) is 0 Å². The second kappa shape index (κ2) is 8.43. The monoisotopic (exact) mass is 462 g/mol. The molecule has 6 nitrogen and oxygen atoms in total. The number of hydrogen-bond donors (Lipinski definition) is 1. The SMILES string of the molecule is [2H]C1C[C@@]([2H])(N2Cc3cc(CCC(=O)C(F)(F)c4ccc(Cl)cc4)ccc3C2=O)C(=O)NC1=O. The summed E-state index contributed by atoms with van der Waals surface area (Å²) in [5, 5.41) is 2.23. The molecule has 0 bridgehead atoms. The van der Waals surface area contributed by atoms with E-state index in [1.54, 1.807) is 6.07 Å². The molecule has 1 N–H and O–H groups in total. The Morgan fingerprint density at radius 2 is 1.94 bits per heavy atom. The molecule has 0 aliphatic carbocycles. The predicted octanol–water partition coefficient (Wildman–Crippen LogP) is 3.39. The number of halogens is 3. The van der Waals surface area contributed by atoms with Crippen LogP contribution in [0, 0.1) is 0 Å². The summed E-state index contributed by atoms with van der Waals surface area (Å²) in [6.07, 6.45) is -2.27. The number of benzene rings is 2. The number of carbonyl (C=O) groups excluding carboxylic acids is 4. The summed E-state index contributed by atoms with van der Waals surface area (Å²) in [5.74, 6) is -7.33. The Kier molecular flexibility index (Phi) is 5.15. The van der Waals surface area contributed by atoms with Gasteiger partial charge in [-0.25, -0.2) is 0 Å². The highest BCUT2D eigenvalue weighted by atomic mass is 35.5. The topological polar surface area (TPSA) is 83.6 Å². The molecule has 4 rings (SSSR count). The fraction of sp³-hybridized carbons (Fsp3) is 0.304. The molecule has 2 atom stereocenters. The van der Waals surface area contributed by atoms with Crippen molar-refractivity contribution in [2.75, 3.05) is 0 Å². The lowest BCUT2D eigenvalue weighted by Gasteiger charge is -2.29. The van der Waals surface area contributed by atoms with Gasteiger partial charge in [-0.1, -0.05) is 35.9 Å². The first-order valence-corrected chi connectivity index (χ1v) is 10.2. The fourth-order valence-electron chi connectivity index (χ4n) is 3.73. The summed E-state index contributed by atoms with van der Waals surface area (Å²) in [6, 6.07) is 7.22. The molecule has 0 aromatic heterocycles. The molecule has 2 heterocycles. The number of fused-ring (bicyclic) bond motifs is 1. The summed E-state index contributed by atoms with van der Waals surface area (Å²) < 4.78 is 45.3. The molecule has 32 heavy (non-hydrogen) atoms. The van der Waals surface area contributed by atoms with E-state index in [9.17, 15) is 28.0 Å². The van der Waals surface area contributed by atoms with Crippen LogP contribution in [0.5, 0.6) is 0 Å². The van der Waals surface area contributed by atoms with E-state index < -0.39 is 60.2 Å². The largest absolute Gasteiger partial charge is 0.330 e. The van der Waals surface area contributed by atoms with Crippen molar-refractivity contribution in [1.82, 2.24) is 10.2 Å². The summed E-state index contributed by atoms with van der Waals surface area (Å²) in [5.41, 5.74) is 0.792. The van der Waals surface area contributed by atoms with E-state index in [4.69, 9.17) is 14.3 Å². The van der Waals surface area contributed by atoms with E-state index in [1.165, 1.54) is 24.3 Å². The van der Waals surface area contributed by atoms with Crippen molar-refractivity contribution < 1.29 is 30.7 Å². The highest BCUT2D eigenvalue weighted by Gasteiger charge is 2.41. The first-order chi connectivity index (χ1) is 15.9. The van der Waals surface area contributed by atoms with Gasteiger partial charge in [0.25, 0.3) is 5.91 Å². The first-order valence-electron chi connectivity index (χ1n) is 10.9. The van der Waals surface area contributed by atoms with Gasteiger partial charge in [0.1, 0.15) is 6.02 Å².